The number of benzene rings is 1. The molecular weight excluding hydrogens is 214 g/mol. The molecule has 3 heteroatoms. The Hall–Kier alpha value is -1.71. The molecule has 0 spiro atoms. The quantitative estimate of drug-likeness (QED) is 0.848. The second kappa shape index (κ2) is 5.08. The maximum Gasteiger partial charge on any atom is 0.111 e. The molecule has 0 aliphatic heterocycles. The van der Waals surface area contributed by atoms with E-state index in [9.17, 15) is 10.2 Å². The van der Waals surface area contributed by atoms with Gasteiger partial charge in [0.2, 0.25) is 0 Å². The second-order valence-corrected chi connectivity index (χ2v) is 4.03. The summed E-state index contributed by atoms with van der Waals surface area (Å²) in [5.74, 6) is 0. The average molecular weight is 229 g/mol. The Labute approximate surface area is 100 Å². The molecule has 0 aliphatic carbocycles. The zero-order valence-electron chi connectivity index (χ0n) is 9.62. The van der Waals surface area contributed by atoms with Crippen molar-refractivity contribution in [2.45, 2.75) is 19.1 Å². The van der Waals surface area contributed by atoms with Gasteiger partial charge in [-0.15, -0.1) is 0 Å². The van der Waals surface area contributed by atoms with Crippen LogP contribution < -0.4 is 0 Å². The van der Waals surface area contributed by atoms with Gasteiger partial charge in [-0.2, -0.15) is 0 Å². The summed E-state index contributed by atoms with van der Waals surface area (Å²) >= 11 is 0. The number of nitrogens with zero attached hydrogens (tertiary/aromatic N) is 1. The van der Waals surface area contributed by atoms with Crippen LogP contribution in [-0.2, 0) is 0 Å². The van der Waals surface area contributed by atoms with E-state index < -0.39 is 12.2 Å². The number of aromatic nitrogens is 1. The van der Waals surface area contributed by atoms with Crippen LogP contribution in [0.2, 0.25) is 0 Å². The van der Waals surface area contributed by atoms with Gasteiger partial charge >= 0.3 is 0 Å². The first-order valence-corrected chi connectivity index (χ1v) is 5.51. The van der Waals surface area contributed by atoms with Crippen LogP contribution in [0.15, 0.2) is 48.8 Å². The molecule has 88 valence electrons. The van der Waals surface area contributed by atoms with Crippen LogP contribution in [0.3, 0.4) is 0 Å². The highest BCUT2D eigenvalue weighted by Crippen LogP contribution is 2.29. The van der Waals surface area contributed by atoms with Gasteiger partial charge in [0.15, 0.2) is 0 Å². The number of aliphatic hydroxyl groups excluding tert-OH is 2. The Morgan fingerprint density at radius 1 is 1.00 bits per heavy atom. The topological polar surface area (TPSA) is 53.4 Å². The molecule has 1 aromatic heterocycles. The normalized spacial score (nSPS) is 14.3. The molecule has 2 atom stereocenters. The van der Waals surface area contributed by atoms with Crippen LogP contribution >= 0.6 is 0 Å². The van der Waals surface area contributed by atoms with Crippen molar-refractivity contribution in [1.82, 2.24) is 4.98 Å². The molecular formula is C14H15NO2. The first kappa shape index (κ1) is 11.8. The highest BCUT2D eigenvalue weighted by molar-refractivity contribution is 5.28. The van der Waals surface area contributed by atoms with Gasteiger partial charge in [-0.05, 0) is 24.1 Å². The van der Waals surface area contributed by atoms with E-state index in [2.05, 4.69) is 4.98 Å². The van der Waals surface area contributed by atoms with Crippen LogP contribution in [0.1, 0.15) is 28.9 Å². The van der Waals surface area contributed by atoms with Crippen LogP contribution in [0.5, 0.6) is 0 Å². The first-order chi connectivity index (χ1) is 8.20. The third-order valence-electron chi connectivity index (χ3n) is 2.84. The number of hydrogen-bond acceptors (Lipinski definition) is 3. The van der Waals surface area contributed by atoms with Crippen molar-refractivity contribution >= 4 is 0 Å². The Kier molecular flexibility index (Phi) is 3.52. The average Bonchev–Trinajstić information content (AvgIpc) is 2.39. The third kappa shape index (κ3) is 2.52. The van der Waals surface area contributed by atoms with Gasteiger partial charge in [-0.3, -0.25) is 4.98 Å². The maximum absolute atomic E-state index is 10.1. The van der Waals surface area contributed by atoms with E-state index in [4.69, 9.17) is 0 Å². The van der Waals surface area contributed by atoms with Gasteiger partial charge in [0, 0.05) is 18.0 Å². The molecule has 0 aliphatic rings. The maximum atomic E-state index is 10.1. The number of rotatable bonds is 3. The minimum atomic E-state index is -0.953. The van der Waals surface area contributed by atoms with E-state index in [0.717, 1.165) is 5.56 Å². The van der Waals surface area contributed by atoms with Crippen molar-refractivity contribution in [3.05, 3.63) is 65.5 Å². The number of pyridine rings is 1. The molecule has 0 fully saturated rings. The van der Waals surface area contributed by atoms with Crippen LogP contribution in [0.25, 0.3) is 0 Å². The number of hydrogen-bond donors (Lipinski definition) is 2. The van der Waals surface area contributed by atoms with E-state index in [1.54, 1.807) is 24.5 Å². The summed E-state index contributed by atoms with van der Waals surface area (Å²) in [4.78, 5) is 3.97. The van der Waals surface area contributed by atoms with Crippen molar-refractivity contribution in [2.24, 2.45) is 0 Å². The summed E-state index contributed by atoms with van der Waals surface area (Å²) in [6, 6.07) is 10.9. The van der Waals surface area contributed by atoms with Gasteiger partial charge in [0.05, 0.1) is 0 Å². The van der Waals surface area contributed by atoms with Crippen molar-refractivity contribution in [2.75, 3.05) is 0 Å². The Morgan fingerprint density at radius 3 is 2.35 bits per heavy atom. The molecule has 3 nitrogen and oxygen atoms in total. The second-order valence-electron chi connectivity index (χ2n) is 4.03. The molecule has 1 heterocycles. The highest BCUT2D eigenvalue weighted by Gasteiger charge is 2.21. The molecule has 17 heavy (non-hydrogen) atoms. The molecule has 2 unspecified atom stereocenters. The monoisotopic (exact) mass is 229 g/mol. The molecule has 2 rings (SSSR count). The summed E-state index contributed by atoms with van der Waals surface area (Å²) < 4.78 is 0. The third-order valence-corrected chi connectivity index (χ3v) is 2.84. The van der Waals surface area contributed by atoms with Crippen molar-refractivity contribution in [1.29, 1.82) is 0 Å². The molecule has 0 radical (unpaired) electrons. The van der Waals surface area contributed by atoms with Crippen LogP contribution in [0.4, 0.5) is 0 Å². The summed E-state index contributed by atoms with van der Waals surface area (Å²) in [5.41, 5.74) is 2.27. The predicted octanol–water partition coefficient (Wildman–Crippen LogP) is 2.16. The number of aliphatic hydroxyl groups is 2. The Bertz CT molecular complexity index is 485. The zero-order valence-corrected chi connectivity index (χ0v) is 9.62. The van der Waals surface area contributed by atoms with Crippen molar-refractivity contribution in [3.63, 3.8) is 0 Å². The van der Waals surface area contributed by atoms with Crippen molar-refractivity contribution < 1.29 is 10.2 Å². The molecule has 0 bridgehead atoms. The molecule has 0 saturated heterocycles. The van der Waals surface area contributed by atoms with Gasteiger partial charge in [-0.25, -0.2) is 0 Å². The van der Waals surface area contributed by atoms with E-state index in [1.807, 2.05) is 31.2 Å². The lowest BCUT2D eigenvalue weighted by molar-refractivity contribution is 0.0166. The lowest BCUT2D eigenvalue weighted by atomic mass is 9.97. The van der Waals surface area contributed by atoms with Gasteiger partial charge in [-0.1, -0.05) is 30.3 Å². The fourth-order valence-corrected chi connectivity index (χ4v) is 1.79. The van der Waals surface area contributed by atoms with Crippen LogP contribution in [0, 0.1) is 6.92 Å². The van der Waals surface area contributed by atoms with E-state index in [1.165, 1.54) is 0 Å². The Morgan fingerprint density at radius 2 is 1.71 bits per heavy atom. The molecule has 0 saturated carbocycles. The van der Waals surface area contributed by atoms with E-state index in [0.29, 0.717) is 11.1 Å². The lowest BCUT2D eigenvalue weighted by Gasteiger charge is -2.19. The summed E-state index contributed by atoms with van der Waals surface area (Å²) in [6.07, 6.45) is 1.37. The largest absolute Gasteiger partial charge is 0.385 e. The fraction of sp³-hybridized carbons (Fsp3) is 0.214. The minimum Gasteiger partial charge on any atom is -0.385 e. The SMILES string of the molecule is Cc1ccncc1C(O)C(O)c1ccccc1. The fourth-order valence-electron chi connectivity index (χ4n) is 1.79. The van der Waals surface area contributed by atoms with Gasteiger partial charge in [0.25, 0.3) is 0 Å². The standard InChI is InChI=1S/C14H15NO2/c1-10-7-8-15-9-12(10)14(17)13(16)11-5-3-2-4-6-11/h2-9,13-14,16-17H,1H3. The highest BCUT2D eigenvalue weighted by atomic mass is 16.3. The molecule has 1 aromatic carbocycles. The molecule has 0 amide bonds. The van der Waals surface area contributed by atoms with Crippen LogP contribution in [-0.4, -0.2) is 15.2 Å². The summed E-state index contributed by atoms with van der Waals surface area (Å²) in [5, 5.41) is 20.2. The molecule has 2 aromatic rings. The number of aryl methyl sites for hydroxylation is 1. The van der Waals surface area contributed by atoms with Gasteiger partial charge < -0.3 is 10.2 Å². The Balaban J connectivity index is 2.27. The molecule has 2 N–H and O–H groups in total. The van der Waals surface area contributed by atoms with E-state index >= 15 is 0 Å². The van der Waals surface area contributed by atoms with E-state index in [-0.39, 0.29) is 0 Å². The predicted molar refractivity (Wildman–Crippen MR) is 65.3 cm³/mol. The minimum absolute atomic E-state index is 0.656. The van der Waals surface area contributed by atoms with Gasteiger partial charge in [0.1, 0.15) is 12.2 Å². The van der Waals surface area contributed by atoms with Crippen molar-refractivity contribution in [3.8, 4) is 0 Å². The lowest BCUT2D eigenvalue weighted by Crippen LogP contribution is -2.11. The summed E-state index contributed by atoms with van der Waals surface area (Å²) in [6.45, 7) is 1.89. The zero-order chi connectivity index (χ0) is 12.3. The smallest absolute Gasteiger partial charge is 0.111 e. The summed E-state index contributed by atoms with van der Waals surface area (Å²) in [7, 11) is 0. The first-order valence-electron chi connectivity index (χ1n) is 5.51.